The van der Waals surface area contributed by atoms with Crippen molar-refractivity contribution in [2.75, 3.05) is 52.4 Å². The van der Waals surface area contributed by atoms with Gasteiger partial charge in [0.2, 0.25) is 5.75 Å². The lowest BCUT2D eigenvalue weighted by atomic mass is 10.1. The highest BCUT2D eigenvalue weighted by molar-refractivity contribution is 6.31. The third-order valence-electron chi connectivity index (χ3n) is 5.57. The molecule has 1 aromatic heterocycles. The van der Waals surface area contributed by atoms with Crippen molar-refractivity contribution in [3.8, 4) is 17.2 Å². The number of pyridine rings is 1. The first-order valence-corrected chi connectivity index (χ1v) is 10.3. The van der Waals surface area contributed by atoms with E-state index in [-0.39, 0.29) is 0 Å². The molecular formula is C23H26ClN3O3. The van der Waals surface area contributed by atoms with Crippen molar-refractivity contribution in [1.29, 1.82) is 0 Å². The largest absolute Gasteiger partial charge is 0.493 e. The number of halogens is 1. The third kappa shape index (κ3) is 3.98. The Morgan fingerprint density at radius 2 is 1.67 bits per heavy atom. The van der Waals surface area contributed by atoms with E-state index in [1.165, 1.54) is 5.69 Å². The van der Waals surface area contributed by atoms with Gasteiger partial charge in [-0.25, -0.2) is 0 Å². The molecule has 0 radical (unpaired) electrons. The molecular weight excluding hydrogens is 402 g/mol. The maximum atomic E-state index is 6.13. The summed E-state index contributed by atoms with van der Waals surface area (Å²) in [6, 6.07) is 12.0. The Labute approximate surface area is 181 Å². The number of anilines is 1. The van der Waals surface area contributed by atoms with Gasteiger partial charge in [-0.2, -0.15) is 0 Å². The maximum absolute atomic E-state index is 6.13. The van der Waals surface area contributed by atoms with Crippen molar-refractivity contribution >= 4 is 28.2 Å². The van der Waals surface area contributed by atoms with Crippen LogP contribution >= 0.6 is 11.6 Å². The van der Waals surface area contributed by atoms with Crippen molar-refractivity contribution in [2.24, 2.45) is 0 Å². The molecule has 7 heteroatoms. The molecule has 0 amide bonds. The molecule has 4 rings (SSSR count). The van der Waals surface area contributed by atoms with E-state index in [2.05, 4.69) is 26.9 Å². The minimum Gasteiger partial charge on any atom is -0.493 e. The molecule has 0 N–H and O–H groups in total. The van der Waals surface area contributed by atoms with Crippen molar-refractivity contribution in [3.63, 3.8) is 0 Å². The van der Waals surface area contributed by atoms with Crippen molar-refractivity contribution in [2.45, 2.75) is 6.54 Å². The van der Waals surface area contributed by atoms with Gasteiger partial charge in [-0.1, -0.05) is 17.7 Å². The minimum absolute atomic E-state index is 0.637. The van der Waals surface area contributed by atoms with E-state index in [0.717, 1.165) is 54.9 Å². The van der Waals surface area contributed by atoms with Crippen molar-refractivity contribution in [3.05, 3.63) is 53.2 Å². The van der Waals surface area contributed by atoms with Crippen LogP contribution in [0.4, 0.5) is 5.69 Å². The average Bonchev–Trinajstić information content (AvgIpc) is 2.78. The Morgan fingerprint density at radius 1 is 0.900 bits per heavy atom. The fourth-order valence-electron chi connectivity index (χ4n) is 4.06. The number of ether oxygens (including phenoxy) is 3. The van der Waals surface area contributed by atoms with Crippen LogP contribution in [0.15, 0.2) is 42.6 Å². The van der Waals surface area contributed by atoms with Crippen LogP contribution in [0.3, 0.4) is 0 Å². The van der Waals surface area contributed by atoms with Gasteiger partial charge in [0.05, 0.1) is 26.8 Å². The quantitative estimate of drug-likeness (QED) is 0.586. The predicted molar refractivity (Wildman–Crippen MR) is 120 cm³/mol. The number of rotatable bonds is 6. The second-order valence-electron chi connectivity index (χ2n) is 7.25. The van der Waals surface area contributed by atoms with Gasteiger partial charge in [-0.05, 0) is 30.3 Å². The highest BCUT2D eigenvalue weighted by Crippen LogP contribution is 2.40. The second-order valence-corrected chi connectivity index (χ2v) is 7.68. The fraction of sp³-hybridized carbons (Fsp3) is 0.348. The van der Waals surface area contributed by atoms with Gasteiger partial charge in [0.1, 0.15) is 0 Å². The summed E-state index contributed by atoms with van der Waals surface area (Å²) in [5.41, 5.74) is 3.23. The summed E-state index contributed by atoms with van der Waals surface area (Å²) in [7, 11) is 4.93. The molecule has 30 heavy (non-hydrogen) atoms. The first-order chi connectivity index (χ1) is 14.6. The maximum Gasteiger partial charge on any atom is 0.203 e. The Balaban J connectivity index is 1.49. The number of piperazine rings is 1. The fourth-order valence-corrected chi connectivity index (χ4v) is 4.22. The Bertz CT molecular complexity index is 1040. The number of aromatic nitrogens is 1. The number of hydrogen-bond acceptors (Lipinski definition) is 6. The molecule has 158 valence electrons. The van der Waals surface area contributed by atoms with Crippen LogP contribution in [0.25, 0.3) is 10.9 Å². The zero-order chi connectivity index (χ0) is 21.1. The summed E-state index contributed by atoms with van der Waals surface area (Å²) in [4.78, 5) is 9.31. The Kier molecular flexibility index (Phi) is 6.16. The molecule has 0 aliphatic carbocycles. The van der Waals surface area contributed by atoms with Crippen LogP contribution in [0.5, 0.6) is 17.2 Å². The molecule has 2 heterocycles. The van der Waals surface area contributed by atoms with Gasteiger partial charge in [0, 0.05) is 60.6 Å². The molecule has 0 spiro atoms. The highest BCUT2D eigenvalue weighted by Gasteiger charge is 2.22. The molecule has 1 aliphatic heterocycles. The molecule has 2 aromatic carbocycles. The molecule has 6 nitrogen and oxygen atoms in total. The molecule has 0 saturated carbocycles. The van der Waals surface area contributed by atoms with Crippen LogP contribution in [0, 0.1) is 0 Å². The summed E-state index contributed by atoms with van der Waals surface area (Å²) in [6.45, 7) is 4.59. The lowest BCUT2D eigenvalue weighted by Crippen LogP contribution is -2.46. The van der Waals surface area contributed by atoms with Crippen LogP contribution in [0.1, 0.15) is 5.56 Å². The minimum atomic E-state index is 0.637. The molecule has 3 aromatic rings. The number of hydrogen-bond donors (Lipinski definition) is 0. The zero-order valence-corrected chi connectivity index (χ0v) is 18.3. The lowest BCUT2D eigenvalue weighted by molar-refractivity contribution is 0.244. The highest BCUT2D eigenvalue weighted by atomic mass is 35.5. The van der Waals surface area contributed by atoms with Gasteiger partial charge in [0.25, 0.3) is 0 Å². The van der Waals surface area contributed by atoms with E-state index in [9.17, 15) is 0 Å². The van der Waals surface area contributed by atoms with E-state index >= 15 is 0 Å². The third-order valence-corrected chi connectivity index (χ3v) is 5.81. The van der Waals surface area contributed by atoms with Crippen molar-refractivity contribution < 1.29 is 14.2 Å². The van der Waals surface area contributed by atoms with Gasteiger partial charge < -0.3 is 19.1 Å². The van der Waals surface area contributed by atoms with Gasteiger partial charge >= 0.3 is 0 Å². The molecule has 1 aliphatic rings. The Hall–Kier alpha value is -2.70. The van der Waals surface area contributed by atoms with E-state index < -0.39 is 0 Å². The normalized spacial score (nSPS) is 14.7. The zero-order valence-electron chi connectivity index (χ0n) is 17.5. The van der Waals surface area contributed by atoms with Gasteiger partial charge in [0.15, 0.2) is 11.5 Å². The summed E-state index contributed by atoms with van der Waals surface area (Å²) >= 11 is 6.13. The van der Waals surface area contributed by atoms with E-state index in [4.69, 9.17) is 25.8 Å². The molecule has 1 saturated heterocycles. The molecule has 0 bridgehead atoms. The Morgan fingerprint density at radius 3 is 2.37 bits per heavy atom. The molecule has 1 fully saturated rings. The first-order valence-electron chi connectivity index (χ1n) is 9.94. The first kappa shape index (κ1) is 20.6. The summed E-state index contributed by atoms with van der Waals surface area (Å²) < 4.78 is 16.6. The predicted octanol–water partition coefficient (Wildman–Crippen LogP) is 4.24. The smallest absolute Gasteiger partial charge is 0.203 e. The van der Waals surface area contributed by atoms with Crippen LogP contribution in [-0.4, -0.2) is 57.4 Å². The number of nitrogens with zero attached hydrogens (tertiary/aromatic N) is 3. The summed E-state index contributed by atoms with van der Waals surface area (Å²) in [5, 5.41) is 1.85. The van der Waals surface area contributed by atoms with E-state index in [1.54, 1.807) is 21.3 Å². The standard InChI is InChI=1S/C23H26ClN3O3/c1-28-21-7-4-16(22(29-2)23(21)30-3)15-26-10-12-27(13-11-26)20-8-9-25-19-14-17(24)5-6-18(19)20/h4-9,14H,10-13,15H2,1-3H3. The number of fused-ring (bicyclic) bond motifs is 1. The number of benzene rings is 2. The average molecular weight is 428 g/mol. The van der Waals surface area contributed by atoms with Gasteiger partial charge in [-0.15, -0.1) is 0 Å². The summed E-state index contributed by atoms with van der Waals surface area (Å²) in [6.07, 6.45) is 1.86. The van der Waals surface area contributed by atoms with Crippen LogP contribution in [0.2, 0.25) is 5.02 Å². The van der Waals surface area contributed by atoms with Crippen LogP contribution < -0.4 is 19.1 Å². The monoisotopic (exact) mass is 427 g/mol. The number of methoxy groups -OCH3 is 3. The van der Waals surface area contributed by atoms with E-state index in [0.29, 0.717) is 16.5 Å². The second kappa shape index (κ2) is 8.98. The molecule has 0 unspecified atom stereocenters. The summed E-state index contributed by atoms with van der Waals surface area (Å²) in [5.74, 6) is 2.04. The van der Waals surface area contributed by atoms with Gasteiger partial charge in [-0.3, -0.25) is 9.88 Å². The molecule has 0 atom stereocenters. The van der Waals surface area contributed by atoms with E-state index in [1.807, 2.05) is 30.5 Å². The SMILES string of the molecule is COc1ccc(CN2CCN(c3ccnc4cc(Cl)ccc34)CC2)c(OC)c1OC. The van der Waals surface area contributed by atoms with Crippen molar-refractivity contribution in [1.82, 2.24) is 9.88 Å². The lowest BCUT2D eigenvalue weighted by Gasteiger charge is -2.36. The van der Waals surface area contributed by atoms with Crippen LogP contribution in [-0.2, 0) is 6.54 Å². The topological polar surface area (TPSA) is 47.1 Å².